The average Bonchev–Trinajstić information content (AvgIpc) is 3.12. The fourth-order valence-electron chi connectivity index (χ4n) is 5.70. The molecule has 0 aliphatic carbocycles. The van der Waals surface area contributed by atoms with Crippen LogP contribution < -0.4 is 20.4 Å². The minimum atomic E-state index is -0.713. The van der Waals surface area contributed by atoms with Gasteiger partial charge in [0.1, 0.15) is 29.3 Å². The maximum absolute atomic E-state index is 14.9. The molecule has 1 saturated heterocycles. The van der Waals surface area contributed by atoms with Gasteiger partial charge in [-0.3, -0.25) is 10.0 Å². The van der Waals surface area contributed by atoms with Crippen LogP contribution in [0.5, 0.6) is 11.5 Å². The number of rotatable bonds is 9. The molecule has 1 aromatic heterocycles. The van der Waals surface area contributed by atoms with Crippen molar-refractivity contribution in [3.05, 3.63) is 101 Å². The molecule has 1 aliphatic rings. The van der Waals surface area contributed by atoms with Gasteiger partial charge in [-0.15, -0.1) is 0 Å². The number of amides is 1. The molecule has 5 rings (SSSR count). The lowest BCUT2D eigenvalue weighted by molar-refractivity contribution is -0.124. The van der Waals surface area contributed by atoms with E-state index in [0.29, 0.717) is 58.8 Å². The van der Waals surface area contributed by atoms with Crippen LogP contribution >= 0.6 is 0 Å². The Morgan fingerprint density at radius 3 is 2.44 bits per heavy atom. The van der Waals surface area contributed by atoms with Crippen LogP contribution in [0, 0.1) is 39.8 Å². The van der Waals surface area contributed by atoms with E-state index < -0.39 is 11.7 Å². The first-order chi connectivity index (χ1) is 23.3. The summed E-state index contributed by atoms with van der Waals surface area (Å²) < 4.78 is 20.0. The Balaban J connectivity index is 1.38. The Kier molecular flexibility index (Phi) is 10.3. The quantitative estimate of drug-likeness (QED) is 0.108. The minimum Gasteiger partial charge on any atom is -0.504 e. The van der Waals surface area contributed by atoms with Crippen LogP contribution in [0.25, 0.3) is 28.3 Å². The van der Waals surface area contributed by atoms with E-state index in [-0.39, 0.29) is 28.7 Å². The second kappa shape index (κ2) is 14.9. The maximum atomic E-state index is 14.9. The number of piperidine rings is 1. The number of anilines is 1. The zero-order chi connectivity index (χ0) is 34.2. The zero-order valence-electron chi connectivity index (χ0n) is 25.9. The Morgan fingerprint density at radius 2 is 1.79 bits per heavy atom. The van der Waals surface area contributed by atoms with E-state index in [1.807, 2.05) is 17.0 Å². The number of phenolic OH excluding ortho intramolecular Hbond substituents is 1. The summed E-state index contributed by atoms with van der Waals surface area (Å²) in [6, 6.07) is 20.8. The number of ether oxygens (including phenoxy) is 1. The monoisotopic (exact) mass is 643 g/mol. The lowest BCUT2D eigenvalue weighted by Crippen LogP contribution is -2.42. The Hall–Kier alpha value is -6.26. The first-order valence-corrected chi connectivity index (χ1v) is 14.9. The molecule has 1 fully saturated rings. The molecule has 0 radical (unpaired) electrons. The molecule has 0 spiro atoms. The predicted octanol–water partition coefficient (Wildman–Crippen LogP) is 5.16. The number of hydroxylamine groups is 1. The number of halogens is 1. The summed E-state index contributed by atoms with van der Waals surface area (Å²) in [6.45, 7) is 1.69. The molecule has 0 atom stereocenters. The number of carbonyl (C=O) groups is 1. The zero-order valence-corrected chi connectivity index (χ0v) is 25.9. The van der Waals surface area contributed by atoms with Crippen LogP contribution in [0.1, 0.15) is 40.7 Å². The summed E-state index contributed by atoms with van der Waals surface area (Å²) in [5.41, 5.74) is 5.36. The van der Waals surface area contributed by atoms with Crippen molar-refractivity contribution in [1.82, 2.24) is 15.8 Å². The summed E-state index contributed by atoms with van der Waals surface area (Å²) in [5, 5.41) is 52.0. The number of nitriles is 3. The van der Waals surface area contributed by atoms with Crippen LogP contribution in [0.3, 0.4) is 0 Å². The molecule has 12 heteroatoms. The number of phenols is 1. The molecule has 2 heterocycles. The third-order valence-electron chi connectivity index (χ3n) is 8.19. The largest absolute Gasteiger partial charge is 0.504 e. The van der Waals surface area contributed by atoms with E-state index >= 15 is 0 Å². The molecule has 0 unspecified atom stereocenters. The van der Waals surface area contributed by atoms with Gasteiger partial charge in [0.2, 0.25) is 0 Å². The van der Waals surface area contributed by atoms with Gasteiger partial charge in [-0.2, -0.15) is 15.8 Å². The number of hydrogen-bond donors (Lipinski definition) is 4. The topological polar surface area (TPSA) is 178 Å². The van der Waals surface area contributed by atoms with Crippen molar-refractivity contribution in [2.24, 2.45) is 0 Å². The van der Waals surface area contributed by atoms with Crippen molar-refractivity contribution < 1.29 is 24.2 Å². The number of nitrogens with zero attached hydrogens (tertiary/aromatic N) is 5. The van der Waals surface area contributed by atoms with E-state index in [2.05, 4.69) is 17.5 Å². The molecule has 1 amide bonds. The number of methoxy groups -OCH3 is 1. The van der Waals surface area contributed by atoms with Gasteiger partial charge in [-0.1, -0.05) is 24.3 Å². The Morgan fingerprint density at radius 1 is 1.04 bits per heavy atom. The number of carbonyl (C=O) groups excluding carboxylic acids is 1. The highest BCUT2D eigenvalue weighted by Gasteiger charge is 2.26. The number of nitrogens with one attached hydrogen (secondary N) is 2. The lowest BCUT2D eigenvalue weighted by Gasteiger charge is -2.34. The van der Waals surface area contributed by atoms with Crippen molar-refractivity contribution in [1.29, 1.82) is 15.8 Å². The summed E-state index contributed by atoms with van der Waals surface area (Å²) >= 11 is 0. The van der Waals surface area contributed by atoms with Gasteiger partial charge in [0.05, 0.1) is 24.3 Å². The van der Waals surface area contributed by atoms with Gasteiger partial charge in [0.25, 0.3) is 5.91 Å². The van der Waals surface area contributed by atoms with E-state index in [0.717, 1.165) is 24.5 Å². The van der Waals surface area contributed by atoms with Gasteiger partial charge >= 0.3 is 0 Å². The van der Waals surface area contributed by atoms with E-state index in [1.165, 1.54) is 36.9 Å². The highest BCUT2D eigenvalue weighted by Crippen LogP contribution is 2.41. The fourth-order valence-corrected chi connectivity index (χ4v) is 5.70. The maximum Gasteiger partial charge on any atom is 0.267 e. The normalized spacial score (nSPS) is 13.0. The second-order valence-electron chi connectivity index (χ2n) is 11.0. The molecular weight excluding hydrogens is 613 g/mol. The van der Waals surface area contributed by atoms with E-state index in [1.54, 1.807) is 36.5 Å². The van der Waals surface area contributed by atoms with Crippen molar-refractivity contribution in [2.45, 2.75) is 25.4 Å². The van der Waals surface area contributed by atoms with Gasteiger partial charge < -0.3 is 20.1 Å². The second-order valence-corrected chi connectivity index (χ2v) is 11.0. The highest BCUT2D eigenvalue weighted by molar-refractivity contribution is 5.91. The van der Waals surface area contributed by atoms with Crippen molar-refractivity contribution in [3.8, 4) is 52.0 Å². The molecule has 11 nitrogen and oxygen atoms in total. The molecule has 1 aliphatic heterocycles. The van der Waals surface area contributed by atoms with Crippen LogP contribution in [0.15, 0.2) is 66.9 Å². The Bertz CT molecular complexity index is 2020. The van der Waals surface area contributed by atoms with Crippen molar-refractivity contribution in [2.75, 3.05) is 25.1 Å². The molecule has 0 saturated carbocycles. The lowest BCUT2D eigenvalue weighted by atomic mass is 9.91. The van der Waals surface area contributed by atoms with Crippen molar-refractivity contribution in [3.63, 3.8) is 0 Å². The smallest absolute Gasteiger partial charge is 0.267 e. The first-order valence-electron chi connectivity index (χ1n) is 14.9. The number of pyridine rings is 1. The average molecular weight is 644 g/mol. The Labute approximate surface area is 276 Å². The molecule has 4 N–H and O–H groups in total. The number of aromatic hydroxyl groups is 1. The predicted molar refractivity (Wildman–Crippen MR) is 175 cm³/mol. The number of hydrogen-bond acceptors (Lipinski definition) is 10. The highest BCUT2D eigenvalue weighted by atomic mass is 19.1. The van der Waals surface area contributed by atoms with Gasteiger partial charge in [-0.25, -0.2) is 14.9 Å². The fraction of sp³-hybridized carbons (Fsp3) is 0.194. The summed E-state index contributed by atoms with van der Waals surface area (Å²) in [7, 11) is 1.44. The summed E-state index contributed by atoms with van der Waals surface area (Å²) in [4.78, 5) is 18.0. The molecule has 3 aromatic carbocycles. The standard InChI is InChI=1S/C36H30FN7O4/c1-48-33-8-6-24(16-32(33)45)30-21-42-36(29(19-40)35(30)25-4-5-26(17-38)31(37)15-25)44-12-10-28(11-13-44)41-20-22-2-3-23(27(14-22)18-39)7-9-34(46)43-47/h2-9,14-16,21,28,41,45,47H,10-13,20H2,1H3,(H,43,46)/b9-7+. The van der Waals surface area contributed by atoms with Crippen LogP contribution in [-0.4, -0.2) is 47.4 Å². The third kappa shape index (κ3) is 7.09. The minimum absolute atomic E-state index is 0.104. The van der Waals surface area contributed by atoms with Crippen LogP contribution in [-0.2, 0) is 11.3 Å². The first kappa shape index (κ1) is 33.1. The molecule has 240 valence electrons. The molecule has 48 heavy (non-hydrogen) atoms. The van der Waals surface area contributed by atoms with Crippen LogP contribution in [0.4, 0.5) is 10.2 Å². The number of aromatic nitrogens is 1. The SMILES string of the molecule is COc1ccc(-c2cnc(N3CCC(NCc4ccc(/C=C/C(=O)NO)c(C#N)c4)CC3)c(C#N)c2-c2ccc(C#N)c(F)c2)cc1O. The van der Waals surface area contributed by atoms with Gasteiger partial charge in [-0.05, 0) is 71.5 Å². The van der Waals surface area contributed by atoms with E-state index in [9.17, 15) is 30.1 Å². The summed E-state index contributed by atoms with van der Waals surface area (Å²) in [6.07, 6.45) is 5.68. The number of benzene rings is 3. The van der Waals surface area contributed by atoms with E-state index in [4.69, 9.17) is 14.9 Å². The van der Waals surface area contributed by atoms with Crippen molar-refractivity contribution >= 4 is 17.8 Å². The van der Waals surface area contributed by atoms with Gasteiger partial charge in [0, 0.05) is 49.1 Å². The van der Waals surface area contributed by atoms with Gasteiger partial charge in [0.15, 0.2) is 11.5 Å². The molecular formula is C36H30FN7O4. The summed E-state index contributed by atoms with van der Waals surface area (Å²) in [5.74, 6) is -0.784. The molecule has 4 aromatic rings. The third-order valence-corrected chi connectivity index (χ3v) is 8.19. The molecule has 0 bridgehead atoms. The van der Waals surface area contributed by atoms with Crippen LogP contribution in [0.2, 0.25) is 0 Å².